The van der Waals surface area contributed by atoms with Crippen LogP contribution in [0.4, 0.5) is 4.39 Å². The minimum absolute atomic E-state index is 0.0134. The molecule has 1 atom stereocenters. The fourth-order valence-corrected chi connectivity index (χ4v) is 0.507. The third-order valence-corrected chi connectivity index (χ3v) is 1.05. The van der Waals surface area contributed by atoms with Crippen molar-refractivity contribution in [2.45, 2.75) is 25.4 Å². The average molecular weight is 144 g/mol. The van der Waals surface area contributed by atoms with Gasteiger partial charge in [0, 0.05) is 6.42 Å². The minimum Gasteiger partial charge on any atom is -0.479 e. The smallest absolute Gasteiger partial charge is 0.338 e. The van der Waals surface area contributed by atoms with Gasteiger partial charge >= 0.3 is 5.97 Å². The molecule has 0 aromatic heterocycles. The Kier molecular flexibility index (Phi) is 4.30. The summed E-state index contributed by atoms with van der Waals surface area (Å²) in [5.41, 5.74) is 0. The van der Waals surface area contributed by atoms with Gasteiger partial charge in [0.25, 0.3) is 0 Å². The first-order valence-electron chi connectivity index (χ1n) is 2.99. The van der Waals surface area contributed by atoms with E-state index in [-0.39, 0.29) is 6.42 Å². The van der Waals surface area contributed by atoms with Crippen LogP contribution in [0.5, 0.6) is 0 Å². The molecule has 10 heavy (non-hydrogen) atoms. The maximum absolute atomic E-state index is 12.2. The van der Waals surface area contributed by atoms with Crippen LogP contribution in [0.1, 0.15) is 19.3 Å². The molecule has 0 rings (SSSR count). The quantitative estimate of drug-likeness (QED) is 0.475. The second-order valence-corrected chi connectivity index (χ2v) is 1.90. The summed E-state index contributed by atoms with van der Waals surface area (Å²) in [6, 6.07) is 0. The topological polar surface area (TPSA) is 37.3 Å². The number of terminal acetylenes is 1. The van der Waals surface area contributed by atoms with Crippen molar-refractivity contribution in [3.8, 4) is 12.3 Å². The minimum atomic E-state index is -1.76. The zero-order valence-corrected chi connectivity index (χ0v) is 5.51. The van der Waals surface area contributed by atoms with Crippen molar-refractivity contribution >= 4 is 5.97 Å². The predicted octanol–water partition coefficient (Wildman–Crippen LogP) is 1.21. The highest BCUT2D eigenvalue weighted by atomic mass is 19.1. The van der Waals surface area contributed by atoms with Crippen molar-refractivity contribution in [1.82, 2.24) is 0 Å². The first-order chi connectivity index (χ1) is 4.68. The first-order valence-corrected chi connectivity index (χ1v) is 2.99. The molecular weight excluding hydrogens is 135 g/mol. The summed E-state index contributed by atoms with van der Waals surface area (Å²) in [5.74, 6) is 0.897. The lowest BCUT2D eigenvalue weighted by molar-refractivity contribution is -0.143. The largest absolute Gasteiger partial charge is 0.479 e. The molecule has 0 spiro atoms. The fraction of sp³-hybridized carbons (Fsp3) is 0.571. The molecule has 0 fully saturated rings. The molecule has 2 nitrogen and oxygen atoms in total. The van der Waals surface area contributed by atoms with E-state index in [1.165, 1.54) is 0 Å². The lowest BCUT2D eigenvalue weighted by Gasteiger charge is -1.98. The summed E-state index contributed by atoms with van der Waals surface area (Å²) in [6.45, 7) is 0. The lowest BCUT2D eigenvalue weighted by atomic mass is 10.2. The Bertz CT molecular complexity index is 148. The van der Waals surface area contributed by atoms with Crippen LogP contribution in [0.25, 0.3) is 0 Å². The number of halogens is 1. The predicted molar refractivity (Wildman–Crippen MR) is 35.2 cm³/mol. The maximum Gasteiger partial charge on any atom is 0.338 e. The molecule has 0 saturated heterocycles. The Hall–Kier alpha value is -1.04. The summed E-state index contributed by atoms with van der Waals surface area (Å²) in [7, 11) is 0. The van der Waals surface area contributed by atoms with Gasteiger partial charge in [-0.3, -0.25) is 0 Å². The van der Waals surface area contributed by atoms with Gasteiger partial charge in [-0.05, 0) is 12.8 Å². The molecule has 1 unspecified atom stereocenters. The number of carboxylic acid groups (broad SMARTS) is 1. The number of carboxylic acids is 1. The number of hydrogen-bond donors (Lipinski definition) is 1. The molecule has 56 valence electrons. The third kappa shape index (κ3) is 3.90. The van der Waals surface area contributed by atoms with Crippen LogP contribution in [0.3, 0.4) is 0 Å². The van der Waals surface area contributed by atoms with Crippen LogP contribution in [0.2, 0.25) is 0 Å². The highest BCUT2D eigenvalue weighted by Gasteiger charge is 2.13. The number of rotatable bonds is 4. The summed E-state index contributed by atoms with van der Waals surface area (Å²) >= 11 is 0. The molecule has 0 amide bonds. The Morgan fingerprint density at radius 2 is 2.40 bits per heavy atom. The highest BCUT2D eigenvalue weighted by Crippen LogP contribution is 2.03. The number of hydrogen-bond acceptors (Lipinski definition) is 1. The van der Waals surface area contributed by atoms with Crippen molar-refractivity contribution in [3.63, 3.8) is 0 Å². The molecule has 1 N–H and O–H groups in total. The standard InChI is InChI=1S/C7H9FO2/c1-2-3-4-5-6(8)7(9)10/h1,6H,3-5H2,(H,9,10). The molecular formula is C7H9FO2. The molecule has 0 aromatic rings. The van der Waals surface area contributed by atoms with Crippen molar-refractivity contribution in [3.05, 3.63) is 0 Å². The molecule has 0 aliphatic heterocycles. The first kappa shape index (κ1) is 8.96. The van der Waals surface area contributed by atoms with Crippen molar-refractivity contribution in [2.24, 2.45) is 0 Å². The number of unbranched alkanes of at least 4 members (excludes halogenated alkanes) is 1. The average Bonchev–Trinajstić information content (AvgIpc) is 1.88. The zero-order valence-electron chi connectivity index (χ0n) is 5.51. The van der Waals surface area contributed by atoms with E-state index in [1.807, 2.05) is 0 Å². The van der Waals surface area contributed by atoms with E-state index in [9.17, 15) is 9.18 Å². The van der Waals surface area contributed by atoms with E-state index < -0.39 is 12.1 Å². The van der Waals surface area contributed by atoms with Gasteiger partial charge in [0.05, 0.1) is 0 Å². The number of carbonyl (C=O) groups is 1. The van der Waals surface area contributed by atoms with Crippen molar-refractivity contribution in [2.75, 3.05) is 0 Å². The van der Waals surface area contributed by atoms with E-state index in [0.717, 1.165) is 0 Å². The second kappa shape index (κ2) is 4.80. The van der Waals surface area contributed by atoms with E-state index in [4.69, 9.17) is 11.5 Å². The number of alkyl halides is 1. The summed E-state index contributed by atoms with van der Waals surface area (Å²) < 4.78 is 12.2. The Labute approximate surface area is 59.0 Å². The van der Waals surface area contributed by atoms with Gasteiger partial charge in [-0.1, -0.05) is 0 Å². The van der Waals surface area contributed by atoms with E-state index in [2.05, 4.69) is 5.92 Å². The molecule has 0 saturated carbocycles. The molecule has 0 aliphatic rings. The summed E-state index contributed by atoms with van der Waals surface area (Å²) in [5, 5.41) is 8.05. The van der Waals surface area contributed by atoms with Crippen LogP contribution < -0.4 is 0 Å². The zero-order chi connectivity index (χ0) is 7.98. The van der Waals surface area contributed by atoms with Crippen molar-refractivity contribution in [1.29, 1.82) is 0 Å². The summed E-state index contributed by atoms with van der Waals surface area (Å²) in [4.78, 5) is 9.87. The lowest BCUT2D eigenvalue weighted by Crippen LogP contribution is -2.13. The van der Waals surface area contributed by atoms with Crippen LogP contribution in [-0.4, -0.2) is 17.2 Å². The van der Waals surface area contributed by atoms with Crippen molar-refractivity contribution < 1.29 is 14.3 Å². The molecule has 0 heterocycles. The summed E-state index contributed by atoms with van der Waals surface area (Å²) in [6.07, 6.45) is 4.00. The monoisotopic (exact) mass is 144 g/mol. The number of aliphatic carboxylic acids is 1. The van der Waals surface area contributed by atoms with Crippen LogP contribution >= 0.6 is 0 Å². The SMILES string of the molecule is C#CCCCC(F)C(=O)O. The highest BCUT2D eigenvalue weighted by molar-refractivity contribution is 5.71. The fourth-order valence-electron chi connectivity index (χ4n) is 0.507. The van der Waals surface area contributed by atoms with Gasteiger partial charge in [0.2, 0.25) is 0 Å². The van der Waals surface area contributed by atoms with E-state index >= 15 is 0 Å². The second-order valence-electron chi connectivity index (χ2n) is 1.90. The van der Waals surface area contributed by atoms with E-state index in [0.29, 0.717) is 12.8 Å². The van der Waals surface area contributed by atoms with Gasteiger partial charge in [0.15, 0.2) is 6.17 Å². The van der Waals surface area contributed by atoms with Gasteiger partial charge in [-0.2, -0.15) is 0 Å². The van der Waals surface area contributed by atoms with Gasteiger partial charge in [0.1, 0.15) is 0 Å². The van der Waals surface area contributed by atoms with E-state index in [1.54, 1.807) is 0 Å². The molecule has 0 aromatic carbocycles. The molecule has 0 bridgehead atoms. The van der Waals surface area contributed by atoms with Gasteiger partial charge in [-0.15, -0.1) is 12.3 Å². The van der Waals surface area contributed by atoms with Crippen LogP contribution in [0.15, 0.2) is 0 Å². The third-order valence-electron chi connectivity index (χ3n) is 1.05. The Morgan fingerprint density at radius 3 is 2.80 bits per heavy atom. The Balaban J connectivity index is 3.32. The Morgan fingerprint density at radius 1 is 1.80 bits per heavy atom. The molecule has 3 heteroatoms. The molecule has 0 radical (unpaired) electrons. The van der Waals surface area contributed by atoms with Gasteiger partial charge < -0.3 is 5.11 Å². The van der Waals surface area contributed by atoms with Crippen LogP contribution in [-0.2, 0) is 4.79 Å². The van der Waals surface area contributed by atoms with Crippen LogP contribution in [0, 0.1) is 12.3 Å². The normalized spacial score (nSPS) is 12.0. The van der Waals surface area contributed by atoms with Gasteiger partial charge in [-0.25, -0.2) is 9.18 Å². The molecule has 0 aliphatic carbocycles. The maximum atomic E-state index is 12.2.